The van der Waals surface area contributed by atoms with Crippen molar-refractivity contribution in [2.75, 3.05) is 20.6 Å². The third-order valence-electron chi connectivity index (χ3n) is 1.22. The largest absolute Gasteiger partial charge is 0.288 e. The molecule has 0 amide bonds. The molecule has 0 saturated heterocycles. The van der Waals surface area contributed by atoms with Crippen molar-refractivity contribution in [1.82, 2.24) is 4.90 Å². The van der Waals surface area contributed by atoms with Gasteiger partial charge in [-0.1, -0.05) is 0 Å². The van der Waals surface area contributed by atoms with Crippen LogP contribution in [0.1, 0.15) is 13.8 Å². The molecule has 0 spiro atoms. The van der Waals surface area contributed by atoms with Crippen LogP contribution in [0.2, 0.25) is 0 Å². The zero-order valence-corrected chi connectivity index (χ0v) is 8.35. The van der Waals surface area contributed by atoms with Crippen LogP contribution in [0.25, 0.3) is 0 Å². The lowest BCUT2D eigenvalue weighted by Crippen LogP contribution is -2.21. The van der Waals surface area contributed by atoms with Gasteiger partial charge in [0.1, 0.15) is 6.17 Å². The van der Waals surface area contributed by atoms with Gasteiger partial charge >= 0.3 is 0 Å². The molecule has 0 aromatic rings. The third-order valence-corrected chi connectivity index (χ3v) is 1.22. The fourth-order valence-electron chi connectivity index (χ4n) is 0.311. The van der Waals surface area contributed by atoms with Gasteiger partial charge in [-0.2, -0.15) is 0 Å². The smallest absolute Gasteiger partial charge is 0.110 e. The summed E-state index contributed by atoms with van der Waals surface area (Å²) in [6.45, 7) is 4.71. The summed E-state index contributed by atoms with van der Waals surface area (Å²) in [5.74, 6) is 0. The van der Waals surface area contributed by atoms with Crippen LogP contribution in [0.4, 0.5) is 0 Å². The summed E-state index contributed by atoms with van der Waals surface area (Å²) in [5, 5.41) is 0. The van der Waals surface area contributed by atoms with Crippen LogP contribution in [-0.4, -0.2) is 37.7 Å². The Hall–Kier alpha value is -0.370. The molecule has 66 valence electrons. The average Bonchev–Trinajstić information content (AvgIpc) is 1.88. The lowest BCUT2D eigenvalue weighted by Gasteiger charge is -2.12. The second-order valence-corrected chi connectivity index (χ2v) is 2.30. The maximum absolute atomic E-state index is 4.02. The first-order valence-electron chi connectivity index (χ1n) is 3.46. The summed E-state index contributed by atoms with van der Waals surface area (Å²) in [4.78, 5) is 9.87. The highest BCUT2D eigenvalue weighted by atomic mass is 35.5. The van der Waals surface area contributed by atoms with E-state index in [1.54, 1.807) is 0 Å². The lowest BCUT2D eigenvalue weighted by atomic mass is 10.5. The van der Waals surface area contributed by atoms with E-state index >= 15 is 0 Å². The molecule has 0 heterocycles. The van der Waals surface area contributed by atoms with Crippen LogP contribution in [0.3, 0.4) is 0 Å². The topological polar surface area (TPSA) is 28.0 Å². The fraction of sp³-hybridized carbons (Fsp3) is 0.857. The summed E-state index contributed by atoms with van der Waals surface area (Å²) in [5.41, 5.74) is 0. The molecule has 4 heteroatoms. The molecule has 3 nitrogen and oxygen atoms in total. The molecule has 0 fully saturated rings. The van der Waals surface area contributed by atoms with Crippen molar-refractivity contribution in [1.29, 1.82) is 0 Å². The standard InChI is InChI=1S/C7H15N3.ClH/c1-5-8-6-9-7(2)10(3)4;/h7H,5H2,1-4H3;1H. The minimum atomic E-state index is 0. The van der Waals surface area contributed by atoms with Crippen LogP contribution < -0.4 is 0 Å². The first-order chi connectivity index (χ1) is 4.68. The molecule has 0 aromatic heterocycles. The first-order valence-corrected chi connectivity index (χ1v) is 3.46. The Morgan fingerprint density at radius 2 is 2.00 bits per heavy atom. The van der Waals surface area contributed by atoms with E-state index in [0.29, 0.717) is 0 Å². The van der Waals surface area contributed by atoms with Gasteiger partial charge in [0.2, 0.25) is 0 Å². The zero-order chi connectivity index (χ0) is 7.98. The van der Waals surface area contributed by atoms with Crippen molar-refractivity contribution in [2.24, 2.45) is 9.98 Å². The summed E-state index contributed by atoms with van der Waals surface area (Å²) in [7, 11) is 3.95. The number of aliphatic imine (C=N–C) groups is 2. The van der Waals surface area contributed by atoms with Crippen LogP contribution >= 0.6 is 12.4 Å². The van der Waals surface area contributed by atoms with Crippen molar-refractivity contribution >= 4 is 18.4 Å². The average molecular weight is 178 g/mol. The van der Waals surface area contributed by atoms with E-state index in [1.165, 1.54) is 0 Å². The quantitative estimate of drug-likeness (QED) is 0.601. The van der Waals surface area contributed by atoms with Gasteiger partial charge in [-0.05, 0) is 27.9 Å². The van der Waals surface area contributed by atoms with E-state index in [0.717, 1.165) is 6.54 Å². The Labute approximate surface area is 74.6 Å². The molecule has 0 saturated carbocycles. The molecule has 0 rings (SSSR count). The van der Waals surface area contributed by atoms with Gasteiger partial charge in [-0.15, -0.1) is 12.4 Å². The molecule has 0 radical (unpaired) electrons. The van der Waals surface area contributed by atoms with Gasteiger partial charge in [-0.25, -0.2) is 9.98 Å². The molecule has 0 bridgehead atoms. The van der Waals surface area contributed by atoms with E-state index in [-0.39, 0.29) is 18.6 Å². The molecular weight excluding hydrogens is 162 g/mol. The lowest BCUT2D eigenvalue weighted by molar-refractivity contribution is 0.325. The van der Waals surface area contributed by atoms with E-state index in [4.69, 9.17) is 0 Å². The Bertz CT molecular complexity index is 139. The number of hydrogen-bond donors (Lipinski definition) is 0. The van der Waals surface area contributed by atoms with E-state index in [2.05, 4.69) is 16.0 Å². The van der Waals surface area contributed by atoms with Gasteiger partial charge < -0.3 is 0 Å². The molecule has 1 atom stereocenters. The Balaban J connectivity index is 0. The van der Waals surface area contributed by atoms with Gasteiger partial charge in [-0.3, -0.25) is 4.90 Å². The minimum absolute atomic E-state index is 0. The summed E-state index contributed by atoms with van der Waals surface area (Å²) in [6, 6.07) is 2.62. The molecule has 0 aliphatic carbocycles. The molecule has 0 N–H and O–H groups in total. The van der Waals surface area contributed by atoms with E-state index in [1.807, 2.05) is 32.8 Å². The summed E-state index contributed by atoms with van der Waals surface area (Å²) >= 11 is 0. The second-order valence-electron chi connectivity index (χ2n) is 2.30. The Morgan fingerprint density at radius 3 is 2.36 bits per heavy atom. The fourth-order valence-corrected chi connectivity index (χ4v) is 0.311. The molecule has 1 unspecified atom stereocenters. The number of halogens is 1. The number of rotatable bonds is 3. The molecule has 0 aliphatic rings. The highest BCUT2D eigenvalue weighted by Gasteiger charge is 1.97. The first kappa shape index (κ1) is 13.2. The normalized spacial score (nSPS) is 11.4. The van der Waals surface area contributed by atoms with Crippen LogP contribution in [0.15, 0.2) is 9.98 Å². The highest BCUT2D eigenvalue weighted by Crippen LogP contribution is 1.89. The van der Waals surface area contributed by atoms with Gasteiger partial charge in [0.15, 0.2) is 0 Å². The summed E-state index contributed by atoms with van der Waals surface area (Å²) < 4.78 is 0. The van der Waals surface area contributed by atoms with Crippen LogP contribution in [0.5, 0.6) is 0 Å². The van der Waals surface area contributed by atoms with Crippen molar-refractivity contribution in [3.63, 3.8) is 0 Å². The second kappa shape index (κ2) is 7.73. The van der Waals surface area contributed by atoms with Crippen LogP contribution in [0, 0.1) is 0 Å². The van der Waals surface area contributed by atoms with Crippen molar-refractivity contribution in [2.45, 2.75) is 20.0 Å². The van der Waals surface area contributed by atoms with E-state index in [9.17, 15) is 0 Å². The van der Waals surface area contributed by atoms with Gasteiger partial charge in [0.05, 0.1) is 6.01 Å². The summed E-state index contributed by atoms with van der Waals surface area (Å²) in [6.07, 6.45) is 0.176. The molecule has 11 heavy (non-hydrogen) atoms. The Kier molecular flexibility index (Phi) is 9.31. The van der Waals surface area contributed by atoms with Crippen molar-refractivity contribution in [3.8, 4) is 0 Å². The molecule has 0 aromatic carbocycles. The number of nitrogens with zero attached hydrogens (tertiary/aromatic N) is 3. The van der Waals surface area contributed by atoms with Crippen LogP contribution in [-0.2, 0) is 0 Å². The SMILES string of the molecule is CCN=C=NC(C)N(C)C.Cl. The van der Waals surface area contributed by atoms with Crippen molar-refractivity contribution in [3.05, 3.63) is 0 Å². The van der Waals surface area contributed by atoms with Crippen molar-refractivity contribution < 1.29 is 0 Å². The third kappa shape index (κ3) is 7.53. The minimum Gasteiger partial charge on any atom is -0.288 e. The molecule has 0 aliphatic heterocycles. The predicted molar refractivity (Wildman–Crippen MR) is 50.8 cm³/mol. The Morgan fingerprint density at radius 1 is 1.45 bits per heavy atom. The number of hydrogen-bond acceptors (Lipinski definition) is 3. The predicted octanol–water partition coefficient (Wildman–Crippen LogP) is 1.51. The maximum atomic E-state index is 4.02. The van der Waals surface area contributed by atoms with Gasteiger partial charge in [0.25, 0.3) is 0 Å². The maximum Gasteiger partial charge on any atom is 0.110 e. The van der Waals surface area contributed by atoms with Gasteiger partial charge in [0, 0.05) is 6.54 Å². The molecular formula is C7H16ClN3. The monoisotopic (exact) mass is 177 g/mol. The zero-order valence-electron chi connectivity index (χ0n) is 7.53. The van der Waals surface area contributed by atoms with E-state index < -0.39 is 0 Å². The highest BCUT2D eigenvalue weighted by molar-refractivity contribution is 5.85.